The van der Waals surface area contributed by atoms with Crippen molar-refractivity contribution >= 4 is 53.0 Å². The summed E-state index contributed by atoms with van der Waals surface area (Å²) >= 11 is 11.9. The monoisotopic (exact) mass is 579 g/mol. The number of carbonyl (C=O) groups is 5. The molecule has 38 heavy (non-hydrogen) atoms. The minimum absolute atomic E-state index is 0.159. The number of methoxy groups -OCH3 is 1. The molecule has 1 aromatic carbocycles. The summed E-state index contributed by atoms with van der Waals surface area (Å²) in [6.07, 6.45) is -5.36. The van der Waals surface area contributed by atoms with Crippen LogP contribution in [-0.2, 0) is 52.4 Å². The Kier molecular flexibility index (Phi) is 12.0. The number of halogens is 2. The van der Waals surface area contributed by atoms with Gasteiger partial charge in [0.05, 0.1) is 12.1 Å². The van der Waals surface area contributed by atoms with E-state index in [1.807, 2.05) is 0 Å². The van der Waals surface area contributed by atoms with E-state index in [0.29, 0.717) is 5.02 Å². The van der Waals surface area contributed by atoms with E-state index in [-0.39, 0.29) is 10.8 Å². The molecule has 1 saturated heterocycles. The van der Waals surface area contributed by atoms with Crippen molar-refractivity contribution in [2.45, 2.75) is 51.4 Å². The molecule has 1 aromatic rings. The lowest BCUT2D eigenvalue weighted by molar-refractivity contribution is -0.274. The zero-order valence-electron chi connectivity index (χ0n) is 20.9. The predicted molar refractivity (Wildman–Crippen MR) is 128 cm³/mol. The number of ether oxygens (including phenoxy) is 7. The Balaban J connectivity index is 2.34. The van der Waals surface area contributed by atoms with Crippen molar-refractivity contribution in [1.82, 2.24) is 5.32 Å². The molecule has 1 fully saturated rings. The maximum Gasteiger partial charge on any atom is 0.331 e. The highest BCUT2D eigenvalue weighted by Crippen LogP contribution is 2.29. The Morgan fingerprint density at radius 2 is 1.63 bits per heavy atom. The zero-order chi connectivity index (χ0) is 28.4. The quantitative estimate of drug-likeness (QED) is 0.295. The molecule has 13 nitrogen and oxygen atoms in total. The molecule has 1 amide bonds. The Hall–Kier alpha value is -3.13. The fourth-order valence-electron chi connectivity index (χ4n) is 3.37. The first-order valence-electron chi connectivity index (χ1n) is 11.1. The predicted octanol–water partition coefficient (Wildman–Crippen LogP) is 1.20. The van der Waals surface area contributed by atoms with E-state index < -0.39 is 80.2 Å². The summed E-state index contributed by atoms with van der Waals surface area (Å²) in [5, 5.41) is 3.07. The van der Waals surface area contributed by atoms with Crippen molar-refractivity contribution in [1.29, 1.82) is 0 Å². The van der Waals surface area contributed by atoms with Gasteiger partial charge in [0, 0.05) is 25.8 Å². The fourth-order valence-corrected chi connectivity index (χ4v) is 3.84. The topological polar surface area (TPSA) is 162 Å². The summed E-state index contributed by atoms with van der Waals surface area (Å²) in [7, 11) is 1.13. The van der Waals surface area contributed by atoms with E-state index in [1.165, 1.54) is 18.2 Å². The molecule has 1 heterocycles. The molecule has 0 radical (unpaired) electrons. The van der Waals surface area contributed by atoms with Gasteiger partial charge in [-0.3, -0.25) is 19.2 Å². The Morgan fingerprint density at radius 3 is 2.21 bits per heavy atom. The summed E-state index contributed by atoms with van der Waals surface area (Å²) in [6.45, 7) is 1.74. The molecule has 0 aromatic heterocycles. The average molecular weight is 580 g/mol. The van der Waals surface area contributed by atoms with Crippen molar-refractivity contribution in [3.05, 3.63) is 28.2 Å². The first-order chi connectivity index (χ1) is 17.9. The van der Waals surface area contributed by atoms with E-state index in [4.69, 9.17) is 51.6 Å². The number of amides is 1. The lowest BCUT2D eigenvalue weighted by Crippen LogP contribution is -2.67. The smallest absolute Gasteiger partial charge is 0.331 e. The highest BCUT2D eigenvalue weighted by molar-refractivity contribution is 6.35. The standard InChI is InChI=1S/C23H27Cl2NO12/c1-11(27)33-8-17-21(36-12(2)28)22(35-10-19(31)32-4)20(23(38-17)37-13(3)29)26-18(30)9-34-16-6-5-14(24)7-15(16)25/h5-7,17,20-23H,8-10H2,1-4H3,(H,26,30)/t17-,20+,21+,22-,23-/m1/s1. The molecule has 0 saturated carbocycles. The fraction of sp³-hybridized carbons (Fsp3) is 0.522. The van der Waals surface area contributed by atoms with E-state index in [1.54, 1.807) is 0 Å². The number of nitrogens with one attached hydrogen (secondary N) is 1. The van der Waals surface area contributed by atoms with Gasteiger partial charge in [-0.15, -0.1) is 0 Å². The minimum atomic E-state index is -1.51. The second kappa shape index (κ2) is 14.7. The lowest BCUT2D eigenvalue weighted by Gasteiger charge is -2.44. The summed E-state index contributed by atoms with van der Waals surface area (Å²) in [5.74, 6) is -3.59. The maximum atomic E-state index is 12.8. The molecule has 0 bridgehead atoms. The molecular weight excluding hydrogens is 553 g/mol. The first-order valence-corrected chi connectivity index (χ1v) is 11.9. The Morgan fingerprint density at radius 1 is 0.947 bits per heavy atom. The van der Waals surface area contributed by atoms with Gasteiger partial charge in [0.15, 0.2) is 12.7 Å². The number of benzene rings is 1. The maximum absolute atomic E-state index is 12.8. The van der Waals surface area contributed by atoms with Crippen LogP contribution >= 0.6 is 23.2 Å². The third kappa shape index (κ3) is 9.63. The van der Waals surface area contributed by atoms with Gasteiger partial charge in [0.1, 0.15) is 37.2 Å². The summed E-state index contributed by atoms with van der Waals surface area (Å²) in [4.78, 5) is 59.8. The molecule has 2 rings (SSSR count). The van der Waals surface area contributed by atoms with Crippen LogP contribution in [-0.4, -0.2) is 87.4 Å². The van der Waals surface area contributed by atoms with Crippen LogP contribution in [0.25, 0.3) is 0 Å². The molecule has 5 atom stereocenters. The Labute approximate surface area is 227 Å². The third-order valence-corrected chi connectivity index (χ3v) is 5.41. The summed E-state index contributed by atoms with van der Waals surface area (Å²) in [5.41, 5.74) is 0. The van der Waals surface area contributed by atoms with Crippen LogP contribution < -0.4 is 10.1 Å². The van der Waals surface area contributed by atoms with Crippen LogP contribution in [0.5, 0.6) is 5.75 Å². The van der Waals surface area contributed by atoms with Gasteiger partial charge in [-0.25, -0.2) is 4.79 Å². The second-order valence-electron chi connectivity index (χ2n) is 7.84. The zero-order valence-corrected chi connectivity index (χ0v) is 22.4. The number of hydrogen-bond donors (Lipinski definition) is 1. The van der Waals surface area contributed by atoms with Crippen LogP contribution in [0.4, 0.5) is 0 Å². The largest absolute Gasteiger partial charge is 0.482 e. The highest BCUT2D eigenvalue weighted by atomic mass is 35.5. The van der Waals surface area contributed by atoms with Gasteiger partial charge in [0.2, 0.25) is 6.29 Å². The molecule has 210 valence electrons. The molecule has 1 aliphatic rings. The summed E-state index contributed by atoms with van der Waals surface area (Å²) in [6, 6.07) is 3.07. The van der Waals surface area contributed by atoms with Crippen LogP contribution in [0.2, 0.25) is 10.0 Å². The Bertz CT molecular complexity index is 1040. The molecule has 0 spiro atoms. The SMILES string of the molecule is COC(=O)CO[C@@H]1[C@H](NC(=O)COc2ccc(Cl)cc2Cl)[C@H](OC(C)=O)O[C@H](COC(C)=O)[C@@H]1OC(C)=O. The van der Waals surface area contributed by atoms with E-state index in [9.17, 15) is 24.0 Å². The van der Waals surface area contributed by atoms with E-state index in [2.05, 4.69) is 10.1 Å². The molecule has 1 N–H and O–H groups in total. The minimum Gasteiger partial charge on any atom is -0.482 e. The van der Waals surface area contributed by atoms with Gasteiger partial charge in [-0.1, -0.05) is 23.2 Å². The molecule has 15 heteroatoms. The van der Waals surface area contributed by atoms with Gasteiger partial charge >= 0.3 is 23.9 Å². The van der Waals surface area contributed by atoms with Crippen LogP contribution in [0, 0.1) is 0 Å². The van der Waals surface area contributed by atoms with Gasteiger partial charge < -0.3 is 38.5 Å². The van der Waals surface area contributed by atoms with Crippen molar-refractivity contribution in [2.24, 2.45) is 0 Å². The van der Waals surface area contributed by atoms with Gasteiger partial charge in [-0.05, 0) is 18.2 Å². The lowest BCUT2D eigenvalue weighted by atomic mass is 9.96. The van der Waals surface area contributed by atoms with Crippen LogP contribution in [0.3, 0.4) is 0 Å². The average Bonchev–Trinajstić information content (AvgIpc) is 2.82. The number of hydrogen-bond acceptors (Lipinski definition) is 12. The van der Waals surface area contributed by atoms with Crippen LogP contribution in [0.1, 0.15) is 20.8 Å². The molecule has 0 aliphatic carbocycles. The molecular formula is C23H27Cl2NO12. The highest BCUT2D eigenvalue weighted by Gasteiger charge is 2.51. The number of esters is 4. The van der Waals surface area contributed by atoms with E-state index in [0.717, 1.165) is 27.9 Å². The van der Waals surface area contributed by atoms with Crippen LogP contribution in [0.15, 0.2) is 18.2 Å². The number of carbonyl (C=O) groups excluding carboxylic acids is 5. The molecule has 0 unspecified atom stereocenters. The second-order valence-corrected chi connectivity index (χ2v) is 8.68. The number of rotatable bonds is 11. The summed E-state index contributed by atoms with van der Waals surface area (Å²) < 4.78 is 37.0. The molecule has 1 aliphatic heterocycles. The van der Waals surface area contributed by atoms with Gasteiger partial charge in [0.25, 0.3) is 5.91 Å². The van der Waals surface area contributed by atoms with Crippen molar-refractivity contribution in [3.8, 4) is 5.75 Å². The van der Waals surface area contributed by atoms with E-state index >= 15 is 0 Å². The van der Waals surface area contributed by atoms with Crippen molar-refractivity contribution in [3.63, 3.8) is 0 Å². The van der Waals surface area contributed by atoms with Crippen molar-refractivity contribution in [2.75, 3.05) is 26.9 Å². The third-order valence-electron chi connectivity index (χ3n) is 4.88. The van der Waals surface area contributed by atoms with Crippen molar-refractivity contribution < 1.29 is 57.1 Å². The normalized spacial score (nSPS) is 22.5. The first kappa shape index (κ1) is 31.1. The van der Waals surface area contributed by atoms with Gasteiger partial charge in [-0.2, -0.15) is 0 Å².